The first-order valence-electron chi connectivity index (χ1n) is 6.69. The number of alkyl halides is 1. The number of hydrogen-bond acceptors (Lipinski definition) is 3. The molecule has 20 heavy (non-hydrogen) atoms. The van der Waals surface area contributed by atoms with Crippen molar-refractivity contribution < 1.29 is 14.3 Å². The van der Waals surface area contributed by atoms with E-state index in [0.29, 0.717) is 17.9 Å². The molecular formula is C16H21BrO3. The van der Waals surface area contributed by atoms with Crippen molar-refractivity contribution in [2.75, 3.05) is 19.5 Å². The van der Waals surface area contributed by atoms with Crippen LogP contribution in [0.4, 0.5) is 0 Å². The fourth-order valence-corrected chi connectivity index (χ4v) is 2.17. The molecule has 1 aromatic rings. The first kappa shape index (κ1) is 16.8. The molecule has 0 radical (unpaired) electrons. The Morgan fingerprint density at radius 3 is 2.30 bits per heavy atom. The molecule has 0 atom stereocenters. The van der Waals surface area contributed by atoms with Crippen molar-refractivity contribution in [1.29, 1.82) is 0 Å². The standard InChI is InChI=1S/C16H21BrO3/c1-19-15-10-13(11-16(12-15)20-2)7-8-14(18)6-4-3-5-9-17/h7-8,10-12H,3-6,9H2,1-2H3/b8-7+. The van der Waals surface area contributed by atoms with E-state index in [2.05, 4.69) is 15.9 Å². The van der Waals surface area contributed by atoms with Crippen molar-refractivity contribution >= 4 is 27.8 Å². The van der Waals surface area contributed by atoms with Crippen molar-refractivity contribution in [1.82, 2.24) is 0 Å². The Morgan fingerprint density at radius 2 is 1.75 bits per heavy atom. The van der Waals surface area contributed by atoms with Crippen LogP contribution in [0, 0.1) is 0 Å². The molecule has 0 saturated carbocycles. The Hall–Kier alpha value is -1.29. The van der Waals surface area contributed by atoms with E-state index in [1.807, 2.05) is 12.1 Å². The molecule has 3 nitrogen and oxygen atoms in total. The third-order valence-electron chi connectivity index (χ3n) is 2.89. The molecule has 0 N–H and O–H groups in total. The topological polar surface area (TPSA) is 35.5 Å². The summed E-state index contributed by atoms with van der Waals surface area (Å²) in [5.41, 5.74) is 0.898. The largest absolute Gasteiger partial charge is 0.497 e. The average Bonchev–Trinajstić information content (AvgIpc) is 2.49. The molecule has 0 unspecified atom stereocenters. The minimum Gasteiger partial charge on any atom is -0.497 e. The van der Waals surface area contributed by atoms with Gasteiger partial charge in [0.15, 0.2) is 5.78 Å². The smallest absolute Gasteiger partial charge is 0.155 e. The molecule has 0 aliphatic carbocycles. The van der Waals surface area contributed by atoms with Crippen LogP contribution < -0.4 is 9.47 Å². The second-order valence-electron chi connectivity index (χ2n) is 4.45. The Balaban J connectivity index is 2.58. The summed E-state index contributed by atoms with van der Waals surface area (Å²) in [5, 5.41) is 1.00. The van der Waals surface area contributed by atoms with Gasteiger partial charge in [0.25, 0.3) is 0 Å². The van der Waals surface area contributed by atoms with Crippen molar-refractivity contribution in [2.45, 2.75) is 25.7 Å². The van der Waals surface area contributed by atoms with E-state index in [-0.39, 0.29) is 5.78 Å². The molecule has 1 aromatic carbocycles. The van der Waals surface area contributed by atoms with Crippen LogP contribution >= 0.6 is 15.9 Å². The fraction of sp³-hybridized carbons (Fsp3) is 0.438. The SMILES string of the molecule is COc1cc(/C=C/C(=O)CCCCCBr)cc(OC)c1. The van der Waals surface area contributed by atoms with Crippen LogP contribution in [-0.4, -0.2) is 25.3 Å². The Bertz CT molecular complexity index is 433. The molecule has 0 heterocycles. The van der Waals surface area contributed by atoms with Gasteiger partial charge in [-0.25, -0.2) is 0 Å². The first-order chi connectivity index (χ1) is 9.69. The van der Waals surface area contributed by atoms with Crippen LogP contribution in [0.5, 0.6) is 11.5 Å². The van der Waals surface area contributed by atoms with Crippen LogP contribution in [0.1, 0.15) is 31.2 Å². The number of halogens is 1. The Morgan fingerprint density at radius 1 is 1.10 bits per heavy atom. The maximum absolute atomic E-state index is 11.7. The number of carbonyl (C=O) groups excluding carboxylic acids is 1. The third-order valence-corrected chi connectivity index (χ3v) is 3.45. The lowest BCUT2D eigenvalue weighted by atomic mass is 10.1. The second kappa shape index (κ2) is 9.59. The predicted octanol–water partition coefficient (Wildman–Crippen LogP) is 4.24. The van der Waals surface area contributed by atoms with E-state index in [0.717, 1.165) is 30.2 Å². The number of ketones is 1. The van der Waals surface area contributed by atoms with Crippen LogP contribution in [0.25, 0.3) is 6.08 Å². The van der Waals surface area contributed by atoms with Gasteiger partial charge in [-0.1, -0.05) is 28.4 Å². The molecule has 0 spiro atoms. The summed E-state index contributed by atoms with van der Waals surface area (Å²) in [5.74, 6) is 1.59. The number of allylic oxidation sites excluding steroid dienone is 1. The lowest BCUT2D eigenvalue weighted by molar-refractivity contribution is -0.114. The highest BCUT2D eigenvalue weighted by molar-refractivity contribution is 9.09. The van der Waals surface area contributed by atoms with Gasteiger partial charge in [-0.05, 0) is 36.6 Å². The monoisotopic (exact) mass is 340 g/mol. The van der Waals surface area contributed by atoms with Gasteiger partial charge < -0.3 is 9.47 Å². The molecule has 0 bridgehead atoms. The van der Waals surface area contributed by atoms with E-state index >= 15 is 0 Å². The Kier molecular flexibility index (Phi) is 8.04. The minimum absolute atomic E-state index is 0.154. The zero-order valence-electron chi connectivity index (χ0n) is 12.0. The molecule has 1 rings (SSSR count). The van der Waals surface area contributed by atoms with Gasteiger partial charge in [0.1, 0.15) is 11.5 Å². The maximum Gasteiger partial charge on any atom is 0.155 e. The first-order valence-corrected chi connectivity index (χ1v) is 7.81. The number of methoxy groups -OCH3 is 2. The van der Waals surface area contributed by atoms with E-state index < -0.39 is 0 Å². The van der Waals surface area contributed by atoms with Crippen LogP contribution in [0.3, 0.4) is 0 Å². The van der Waals surface area contributed by atoms with Gasteiger partial charge in [-0.3, -0.25) is 4.79 Å². The summed E-state index contributed by atoms with van der Waals surface area (Å²) in [6, 6.07) is 5.55. The van der Waals surface area contributed by atoms with Gasteiger partial charge in [-0.2, -0.15) is 0 Å². The van der Waals surface area contributed by atoms with Crippen molar-refractivity contribution in [3.8, 4) is 11.5 Å². The van der Waals surface area contributed by atoms with Gasteiger partial charge in [0.05, 0.1) is 14.2 Å². The zero-order chi connectivity index (χ0) is 14.8. The number of benzene rings is 1. The van der Waals surface area contributed by atoms with Gasteiger partial charge in [-0.15, -0.1) is 0 Å². The maximum atomic E-state index is 11.7. The number of hydrogen-bond donors (Lipinski definition) is 0. The molecule has 0 fully saturated rings. The van der Waals surface area contributed by atoms with E-state index in [1.165, 1.54) is 0 Å². The van der Waals surface area contributed by atoms with Crippen molar-refractivity contribution in [3.63, 3.8) is 0 Å². The second-order valence-corrected chi connectivity index (χ2v) is 5.24. The molecule has 0 aliphatic heterocycles. The molecular weight excluding hydrogens is 320 g/mol. The molecule has 4 heteroatoms. The van der Waals surface area contributed by atoms with Crippen molar-refractivity contribution in [3.05, 3.63) is 29.8 Å². The highest BCUT2D eigenvalue weighted by Crippen LogP contribution is 2.23. The van der Waals surface area contributed by atoms with Crippen LogP contribution in [0.2, 0.25) is 0 Å². The number of rotatable bonds is 9. The molecule has 0 amide bonds. The summed E-state index contributed by atoms with van der Waals surface area (Å²) >= 11 is 3.38. The molecule has 0 aromatic heterocycles. The fourth-order valence-electron chi connectivity index (χ4n) is 1.77. The van der Waals surface area contributed by atoms with E-state index in [4.69, 9.17) is 9.47 Å². The number of unbranched alkanes of at least 4 members (excludes halogenated alkanes) is 2. The summed E-state index contributed by atoms with van der Waals surface area (Å²) in [4.78, 5) is 11.7. The predicted molar refractivity (Wildman–Crippen MR) is 85.8 cm³/mol. The minimum atomic E-state index is 0.154. The summed E-state index contributed by atoms with van der Waals surface area (Å²) < 4.78 is 10.4. The quantitative estimate of drug-likeness (QED) is 0.383. The van der Waals surface area contributed by atoms with Crippen LogP contribution in [0.15, 0.2) is 24.3 Å². The summed E-state index contributed by atoms with van der Waals surface area (Å²) in [7, 11) is 3.22. The number of ether oxygens (including phenoxy) is 2. The molecule has 0 saturated heterocycles. The Labute approximate surface area is 129 Å². The summed E-state index contributed by atoms with van der Waals surface area (Å²) in [6.45, 7) is 0. The highest BCUT2D eigenvalue weighted by Gasteiger charge is 2.01. The highest BCUT2D eigenvalue weighted by atomic mass is 79.9. The normalized spacial score (nSPS) is 10.8. The summed E-state index contributed by atoms with van der Waals surface area (Å²) in [6.07, 6.45) is 7.17. The molecule has 0 aliphatic rings. The lowest BCUT2D eigenvalue weighted by Gasteiger charge is -2.05. The van der Waals surface area contributed by atoms with Gasteiger partial charge in [0.2, 0.25) is 0 Å². The van der Waals surface area contributed by atoms with Crippen molar-refractivity contribution in [2.24, 2.45) is 0 Å². The third kappa shape index (κ3) is 6.24. The van der Waals surface area contributed by atoms with E-state index in [1.54, 1.807) is 32.4 Å². The number of carbonyl (C=O) groups is 1. The van der Waals surface area contributed by atoms with Gasteiger partial charge >= 0.3 is 0 Å². The zero-order valence-corrected chi connectivity index (χ0v) is 13.6. The lowest BCUT2D eigenvalue weighted by Crippen LogP contribution is -1.93. The van der Waals surface area contributed by atoms with Crippen LogP contribution in [-0.2, 0) is 4.79 Å². The van der Waals surface area contributed by atoms with E-state index in [9.17, 15) is 4.79 Å². The average molecular weight is 341 g/mol. The molecule has 110 valence electrons. The van der Waals surface area contributed by atoms with Gasteiger partial charge in [0, 0.05) is 17.8 Å².